The van der Waals surface area contributed by atoms with Crippen LogP contribution in [0.25, 0.3) is 11.1 Å². The highest BCUT2D eigenvalue weighted by Gasteiger charge is 2.13. The van der Waals surface area contributed by atoms with Crippen LogP contribution in [0, 0.1) is 5.82 Å². The summed E-state index contributed by atoms with van der Waals surface area (Å²) in [5.74, 6) is 0.318. The lowest BCUT2D eigenvalue weighted by atomic mass is 10.0. The lowest BCUT2D eigenvalue weighted by molar-refractivity contribution is 0.268. The molecule has 3 aromatic carbocycles. The maximum absolute atomic E-state index is 14.1. The van der Waals surface area contributed by atoms with Crippen molar-refractivity contribution in [3.63, 3.8) is 0 Å². The molecule has 4 aromatic rings. The fourth-order valence-corrected chi connectivity index (χ4v) is 3.19. The molecule has 31 heavy (non-hydrogen) atoms. The van der Waals surface area contributed by atoms with E-state index in [0.717, 1.165) is 11.1 Å². The minimum absolute atomic E-state index is 0.253. The Morgan fingerprint density at radius 1 is 0.710 bits per heavy atom. The summed E-state index contributed by atoms with van der Waals surface area (Å²) < 4.78 is 25.9. The van der Waals surface area contributed by atoms with Crippen LogP contribution in [0.2, 0.25) is 0 Å². The fourth-order valence-electron chi connectivity index (χ4n) is 3.19. The molecule has 0 radical (unpaired) electrons. The minimum atomic E-state index is -0.431. The highest BCUT2D eigenvalue weighted by atomic mass is 19.1. The van der Waals surface area contributed by atoms with Crippen molar-refractivity contribution in [1.29, 1.82) is 0 Å². The van der Waals surface area contributed by atoms with E-state index in [-0.39, 0.29) is 6.61 Å². The molecule has 0 atom stereocenters. The van der Waals surface area contributed by atoms with Gasteiger partial charge in [-0.3, -0.25) is 0 Å². The summed E-state index contributed by atoms with van der Waals surface area (Å²) in [6, 6.07) is 27.5. The standard InChI is InChI=1S/C26H22FNO3/c27-23-14-21(16-29)13-22(15-23)24-11-12-25(30-17-19-7-3-1-4-8-19)28-26(24)31-18-20-9-5-2-6-10-20/h1-15,29H,16-18H2. The van der Waals surface area contributed by atoms with Crippen LogP contribution in [0.3, 0.4) is 0 Å². The van der Waals surface area contributed by atoms with E-state index in [1.54, 1.807) is 18.2 Å². The van der Waals surface area contributed by atoms with Crippen molar-refractivity contribution in [2.75, 3.05) is 0 Å². The zero-order valence-electron chi connectivity index (χ0n) is 16.9. The first-order valence-corrected chi connectivity index (χ1v) is 9.96. The maximum Gasteiger partial charge on any atom is 0.225 e. The number of hydrogen-bond donors (Lipinski definition) is 1. The molecule has 1 aromatic heterocycles. The summed E-state index contributed by atoms with van der Waals surface area (Å²) in [5, 5.41) is 9.44. The van der Waals surface area contributed by atoms with Crippen LogP contribution in [-0.2, 0) is 19.8 Å². The molecule has 1 heterocycles. The predicted octanol–water partition coefficient (Wildman–Crippen LogP) is 5.54. The predicted molar refractivity (Wildman–Crippen MR) is 117 cm³/mol. The average molecular weight is 415 g/mol. The highest BCUT2D eigenvalue weighted by molar-refractivity contribution is 5.69. The monoisotopic (exact) mass is 415 g/mol. The Balaban J connectivity index is 1.63. The van der Waals surface area contributed by atoms with Crippen molar-refractivity contribution < 1.29 is 19.0 Å². The van der Waals surface area contributed by atoms with Gasteiger partial charge in [0, 0.05) is 11.6 Å². The second-order valence-corrected chi connectivity index (χ2v) is 7.06. The number of halogens is 1. The van der Waals surface area contributed by atoms with Gasteiger partial charge in [-0.1, -0.05) is 60.7 Å². The molecule has 0 unspecified atom stereocenters. The molecule has 4 nitrogen and oxygen atoms in total. The summed E-state index contributed by atoms with van der Waals surface area (Å²) in [4.78, 5) is 4.53. The number of aliphatic hydroxyl groups excluding tert-OH is 1. The van der Waals surface area contributed by atoms with E-state index in [1.807, 2.05) is 60.7 Å². The van der Waals surface area contributed by atoms with Gasteiger partial charge in [-0.15, -0.1) is 0 Å². The number of benzene rings is 3. The first-order chi connectivity index (χ1) is 15.2. The maximum atomic E-state index is 14.1. The van der Waals surface area contributed by atoms with E-state index < -0.39 is 5.82 Å². The van der Waals surface area contributed by atoms with E-state index in [1.165, 1.54) is 12.1 Å². The molecule has 4 rings (SSSR count). The smallest absolute Gasteiger partial charge is 0.225 e. The van der Waals surface area contributed by atoms with Crippen LogP contribution in [0.1, 0.15) is 16.7 Å². The van der Waals surface area contributed by atoms with E-state index >= 15 is 0 Å². The van der Waals surface area contributed by atoms with Crippen LogP contribution < -0.4 is 9.47 Å². The zero-order valence-corrected chi connectivity index (χ0v) is 16.9. The van der Waals surface area contributed by atoms with E-state index in [0.29, 0.717) is 41.7 Å². The summed E-state index contributed by atoms with van der Waals surface area (Å²) in [7, 11) is 0. The van der Waals surface area contributed by atoms with Gasteiger partial charge in [0.1, 0.15) is 19.0 Å². The normalized spacial score (nSPS) is 10.6. The second-order valence-electron chi connectivity index (χ2n) is 7.06. The number of rotatable bonds is 8. The van der Waals surface area contributed by atoms with Crippen LogP contribution in [-0.4, -0.2) is 10.1 Å². The first kappa shape index (κ1) is 20.6. The first-order valence-electron chi connectivity index (χ1n) is 9.96. The van der Waals surface area contributed by atoms with Gasteiger partial charge < -0.3 is 14.6 Å². The molecule has 0 aliphatic rings. The number of aromatic nitrogens is 1. The molecule has 0 aliphatic carbocycles. The molecule has 0 bridgehead atoms. The fraction of sp³-hybridized carbons (Fsp3) is 0.115. The Morgan fingerprint density at radius 3 is 2.00 bits per heavy atom. The summed E-state index contributed by atoms with van der Waals surface area (Å²) >= 11 is 0. The third-order valence-electron chi connectivity index (χ3n) is 4.73. The summed E-state index contributed by atoms with van der Waals surface area (Å²) in [6.45, 7) is 0.432. The van der Waals surface area contributed by atoms with Crippen molar-refractivity contribution in [1.82, 2.24) is 4.98 Å². The van der Waals surface area contributed by atoms with Crippen LogP contribution in [0.5, 0.6) is 11.8 Å². The van der Waals surface area contributed by atoms with Gasteiger partial charge in [0.05, 0.1) is 6.61 Å². The number of aliphatic hydroxyl groups is 1. The van der Waals surface area contributed by atoms with Gasteiger partial charge in [0.15, 0.2) is 0 Å². The average Bonchev–Trinajstić information content (AvgIpc) is 2.82. The van der Waals surface area contributed by atoms with Crippen LogP contribution in [0.4, 0.5) is 4.39 Å². The number of pyridine rings is 1. The molecule has 0 saturated heterocycles. The third kappa shape index (κ3) is 5.47. The van der Waals surface area contributed by atoms with Gasteiger partial charge in [0.25, 0.3) is 0 Å². The number of ether oxygens (including phenoxy) is 2. The summed E-state index contributed by atoms with van der Waals surface area (Å²) in [6.07, 6.45) is 0. The van der Waals surface area contributed by atoms with Gasteiger partial charge in [-0.05, 0) is 46.5 Å². The van der Waals surface area contributed by atoms with Crippen molar-refractivity contribution in [2.45, 2.75) is 19.8 Å². The Morgan fingerprint density at radius 2 is 1.35 bits per heavy atom. The molecule has 0 saturated carbocycles. The third-order valence-corrected chi connectivity index (χ3v) is 4.73. The van der Waals surface area contributed by atoms with Crippen LogP contribution >= 0.6 is 0 Å². The molecule has 156 valence electrons. The second kappa shape index (κ2) is 9.87. The SMILES string of the molecule is OCc1cc(F)cc(-c2ccc(OCc3ccccc3)nc2OCc2ccccc2)c1. The van der Waals surface area contributed by atoms with Crippen LogP contribution in [0.15, 0.2) is 91.0 Å². The molecule has 1 N–H and O–H groups in total. The Hall–Kier alpha value is -3.70. The Labute approximate surface area is 180 Å². The molecule has 5 heteroatoms. The number of nitrogens with zero attached hydrogens (tertiary/aromatic N) is 1. The van der Waals surface area contributed by atoms with Crippen molar-refractivity contribution in [3.8, 4) is 22.9 Å². The van der Waals surface area contributed by atoms with Gasteiger partial charge >= 0.3 is 0 Å². The van der Waals surface area contributed by atoms with Crippen molar-refractivity contribution >= 4 is 0 Å². The quantitative estimate of drug-likeness (QED) is 0.411. The Kier molecular flexibility index (Phi) is 6.55. The van der Waals surface area contributed by atoms with Crippen molar-refractivity contribution in [3.05, 3.63) is 114 Å². The number of hydrogen-bond acceptors (Lipinski definition) is 4. The molecule has 0 spiro atoms. The van der Waals surface area contributed by atoms with Gasteiger partial charge in [-0.2, -0.15) is 4.98 Å². The van der Waals surface area contributed by atoms with Gasteiger partial charge in [-0.25, -0.2) is 4.39 Å². The molecule has 0 amide bonds. The molecule has 0 aliphatic heterocycles. The zero-order chi connectivity index (χ0) is 21.5. The lowest BCUT2D eigenvalue weighted by Crippen LogP contribution is -2.02. The molecular weight excluding hydrogens is 393 g/mol. The minimum Gasteiger partial charge on any atom is -0.473 e. The topological polar surface area (TPSA) is 51.6 Å². The highest BCUT2D eigenvalue weighted by Crippen LogP contribution is 2.32. The van der Waals surface area contributed by atoms with E-state index in [4.69, 9.17) is 9.47 Å². The largest absolute Gasteiger partial charge is 0.473 e. The molecular formula is C26H22FNO3. The van der Waals surface area contributed by atoms with E-state index in [2.05, 4.69) is 4.98 Å². The molecule has 0 fully saturated rings. The van der Waals surface area contributed by atoms with Crippen molar-refractivity contribution in [2.24, 2.45) is 0 Å². The summed E-state index contributed by atoms with van der Waals surface area (Å²) in [5.41, 5.74) is 3.69. The van der Waals surface area contributed by atoms with Gasteiger partial charge in [0.2, 0.25) is 11.8 Å². The Bertz CT molecular complexity index is 1130. The lowest BCUT2D eigenvalue weighted by Gasteiger charge is -2.14. The van der Waals surface area contributed by atoms with E-state index in [9.17, 15) is 9.50 Å².